The summed E-state index contributed by atoms with van der Waals surface area (Å²) in [5.41, 5.74) is 3.38. The lowest BCUT2D eigenvalue weighted by Gasteiger charge is -2.25. The average molecular weight is 391 g/mol. The molecule has 0 aliphatic heterocycles. The molecule has 0 amide bonds. The van der Waals surface area contributed by atoms with Crippen LogP contribution in [-0.4, -0.2) is 6.29 Å². The summed E-state index contributed by atoms with van der Waals surface area (Å²) in [6.45, 7) is 0. The lowest BCUT2D eigenvalue weighted by molar-refractivity contribution is 0.112. The number of carbonyl (C=O) groups is 1. The van der Waals surface area contributed by atoms with Gasteiger partial charge in [-0.25, -0.2) is 8.78 Å². The molecule has 3 aromatic carbocycles. The highest BCUT2D eigenvalue weighted by Gasteiger charge is 2.13. The number of hydrogen-bond acceptors (Lipinski definition) is 3. The molecule has 138 valence electrons. The van der Waals surface area contributed by atoms with E-state index in [1.54, 1.807) is 30.3 Å². The van der Waals surface area contributed by atoms with Crippen LogP contribution in [-0.2, 0) is 0 Å². The molecule has 2 nitrogen and oxygen atoms in total. The van der Waals surface area contributed by atoms with E-state index in [-0.39, 0.29) is 11.6 Å². The lowest BCUT2D eigenvalue weighted by Crippen LogP contribution is -2.09. The molecule has 4 aromatic rings. The minimum Gasteiger partial charge on any atom is -0.310 e. The SMILES string of the molecule is O=Cc1ccc(-c2ccc(N(c3ccc(F)cc3)c3ccc(F)cc3)cc2)s1. The van der Waals surface area contributed by atoms with Gasteiger partial charge in [0.25, 0.3) is 0 Å². The number of thiophene rings is 1. The number of rotatable bonds is 5. The molecule has 1 heterocycles. The topological polar surface area (TPSA) is 20.3 Å². The first-order chi connectivity index (χ1) is 13.6. The molecular formula is C23H15F2NOS. The molecule has 0 radical (unpaired) electrons. The van der Waals surface area contributed by atoms with E-state index in [9.17, 15) is 13.6 Å². The Morgan fingerprint density at radius 3 is 1.54 bits per heavy atom. The van der Waals surface area contributed by atoms with E-state index >= 15 is 0 Å². The quantitative estimate of drug-likeness (QED) is 0.342. The van der Waals surface area contributed by atoms with Gasteiger partial charge in [-0.1, -0.05) is 12.1 Å². The van der Waals surface area contributed by atoms with Crippen LogP contribution in [0.5, 0.6) is 0 Å². The van der Waals surface area contributed by atoms with Gasteiger partial charge >= 0.3 is 0 Å². The second kappa shape index (κ2) is 7.74. The molecule has 0 fully saturated rings. The van der Waals surface area contributed by atoms with Crippen LogP contribution in [0.15, 0.2) is 84.9 Å². The second-order valence-electron chi connectivity index (χ2n) is 6.15. The standard InChI is InChI=1S/C23H15F2NOS/c24-17-3-9-20(10-4-17)26(21-11-5-18(25)6-12-21)19-7-1-16(2-8-19)23-14-13-22(15-27)28-23/h1-15H. The zero-order valence-corrected chi connectivity index (χ0v) is 15.5. The fourth-order valence-corrected chi connectivity index (χ4v) is 3.80. The van der Waals surface area contributed by atoms with Crippen LogP contribution in [0, 0.1) is 11.6 Å². The summed E-state index contributed by atoms with van der Waals surface area (Å²) in [6.07, 6.45) is 0.841. The first kappa shape index (κ1) is 18.1. The third-order valence-corrected chi connectivity index (χ3v) is 5.38. The van der Waals surface area contributed by atoms with E-state index in [1.165, 1.54) is 35.6 Å². The van der Waals surface area contributed by atoms with Gasteiger partial charge in [-0.2, -0.15) is 0 Å². The Labute approximate surface area is 165 Å². The average Bonchev–Trinajstić information content (AvgIpc) is 3.21. The van der Waals surface area contributed by atoms with Crippen LogP contribution < -0.4 is 4.90 Å². The summed E-state index contributed by atoms with van der Waals surface area (Å²) in [4.78, 5) is 14.5. The smallest absolute Gasteiger partial charge is 0.160 e. The van der Waals surface area contributed by atoms with Crippen molar-refractivity contribution in [1.29, 1.82) is 0 Å². The number of aldehydes is 1. The van der Waals surface area contributed by atoms with Gasteiger partial charge < -0.3 is 4.90 Å². The van der Waals surface area contributed by atoms with Gasteiger partial charge in [0, 0.05) is 21.9 Å². The highest BCUT2D eigenvalue weighted by molar-refractivity contribution is 7.17. The minimum absolute atomic E-state index is 0.318. The maximum absolute atomic E-state index is 13.4. The van der Waals surface area contributed by atoms with Crippen LogP contribution in [0.4, 0.5) is 25.8 Å². The first-order valence-corrected chi connectivity index (χ1v) is 9.42. The summed E-state index contributed by atoms with van der Waals surface area (Å²) in [6, 6.07) is 23.9. The van der Waals surface area contributed by atoms with Crippen LogP contribution in [0.1, 0.15) is 9.67 Å². The van der Waals surface area contributed by atoms with Gasteiger partial charge in [-0.05, 0) is 78.4 Å². The third-order valence-electron chi connectivity index (χ3n) is 4.32. The number of nitrogens with zero attached hydrogens (tertiary/aromatic N) is 1. The van der Waals surface area contributed by atoms with Crippen LogP contribution in [0.25, 0.3) is 10.4 Å². The Morgan fingerprint density at radius 1 is 0.643 bits per heavy atom. The van der Waals surface area contributed by atoms with Crippen molar-refractivity contribution in [2.24, 2.45) is 0 Å². The van der Waals surface area contributed by atoms with E-state index in [2.05, 4.69) is 0 Å². The maximum atomic E-state index is 13.4. The molecule has 0 atom stereocenters. The fourth-order valence-electron chi connectivity index (χ4n) is 2.97. The Balaban J connectivity index is 1.74. The number of benzene rings is 3. The number of hydrogen-bond donors (Lipinski definition) is 0. The largest absolute Gasteiger partial charge is 0.310 e. The molecule has 1 aromatic heterocycles. The zero-order chi connectivity index (χ0) is 19.5. The van der Waals surface area contributed by atoms with Gasteiger partial charge in [0.2, 0.25) is 0 Å². The van der Waals surface area contributed by atoms with Crippen LogP contribution in [0.2, 0.25) is 0 Å². The molecule has 28 heavy (non-hydrogen) atoms. The molecule has 5 heteroatoms. The molecular weight excluding hydrogens is 376 g/mol. The molecule has 0 saturated heterocycles. The van der Waals surface area contributed by atoms with Crippen LogP contribution >= 0.6 is 11.3 Å². The Hall–Kier alpha value is -3.31. The summed E-state index contributed by atoms with van der Waals surface area (Å²) in [7, 11) is 0. The zero-order valence-electron chi connectivity index (χ0n) is 14.7. The van der Waals surface area contributed by atoms with Crippen molar-refractivity contribution in [3.05, 3.63) is 101 Å². The Bertz CT molecular complexity index is 1040. The van der Waals surface area contributed by atoms with Gasteiger partial charge in [0.05, 0.1) is 4.88 Å². The van der Waals surface area contributed by atoms with E-state index in [1.807, 2.05) is 35.2 Å². The van der Waals surface area contributed by atoms with Crippen molar-refractivity contribution >= 4 is 34.7 Å². The number of halogens is 2. The van der Waals surface area contributed by atoms with Crippen molar-refractivity contribution in [1.82, 2.24) is 0 Å². The van der Waals surface area contributed by atoms with Crippen molar-refractivity contribution in [2.75, 3.05) is 4.90 Å². The van der Waals surface area contributed by atoms with Crippen molar-refractivity contribution in [3.8, 4) is 10.4 Å². The van der Waals surface area contributed by atoms with Gasteiger partial charge in [-0.3, -0.25) is 4.79 Å². The highest BCUT2D eigenvalue weighted by Crippen LogP contribution is 2.36. The second-order valence-corrected chi connectivity index (χ2v) is 7.27. The van der Waals surface area contributed by atoms with E-state index in [4.69, 9.17) is 0 Å². The summed E-state index contributed by atoms with van der Waals surface area (Å²) in [5, 5.41) is 0. The number of anilines is 3. The number of carbonyl (C=O) groups excluding carboxylic acids is 1. The molecule has 0 aliphatic rings. The minimum atomic E-state index is -0.318. The maximum Gasteiger partial charge on any atom is 0.160 e. The Kier molecular flexibility index (Phi) is 5.00. The molecule has 0 N–H and O–H groups in total. The fraction of sp³-hybridized carbons (Fsp3) is 0. The summed E-state index contributed by atoms with van der Waals surface area (Å²) < 4.78 is 26.8. The van der Waals surface area contributed by atoms with Gasteiger partial charge in [0.15, 0.2) is 6.29 Å². The molecule has 0 bridgehead atoms. The van der Waals surface area contributed by atoms with Crippen LogP contribution in [0.3, 0.4) is 0 Å². The predicted octanol–water partition coefficient (Wildman–Crippen LogP) is 6.98. The van der Waals surface area contributed by atoms with E-state index in [0.717, 1.165) is 33.8 Å². The van der Waals surface area contributed by atoms with Gasteiger partial charge in [0.1, 0.15) is 11.6 Å². The molecule has 0 aliphatic carbocycles. The van der Waals surface area contributed by atoms with E-state index in [0.29, 0.717) is 4.88 Å². The molecule has 0 unspecified atom stereocenters. The summed E-state index contributed by atoms with van der Waals surface area (Å²) >= 11 is 1.43. The monoisotopic (exact) mass is 391 g/mol. The lowest BCUT2D eigenvalue weighted by atomic mass is 10.1. The van der Waals surface area contributed by atoms with E-state index < -0.39 is 0 Å². The van der Waals surface area contributed by atoms with Gasteiger partial charge in [-0.15, -0.1) is 11.3 Å². The normalized spacial score (nSPS) is 10.6. The first-order valence-electron chi connectivity index (χ1n) is 8.61. The predicted molar refractivity (Wildman–Crippen MR) is 110 cm³/mol. The van der Waals surface area contributed by atoms with Crippen molar-refractivity contribution in [3.63, 3.8) is 0 Å². The Morgan fingerprint density at radius 2 is 1.11 bits per heavy atom. The van der Waals surface area contributed by atoms with Crippen molar-refractivity contribution in [2.45, 2.75) is 0 Å². The molecule has 0 spiro atoms. The molecule has 0 saturated carbocycles. The van der Waals surface area contributed by atoms with Crippen molar-refractivity contribution < 1.29 is 13.6 Å². The highest BCUT2D eigenvalue weighted by atomic mass is 32.1. The molecule has 4 rings (SSSR count). The third kappa shape index (κ3) is 3.70. The summed E-state index contributed by atoms with van der Waals surface area (Å²) in [5.74, 6) is -0.635.